The lowest BCUT2D eigenvalue weighted by atomic mass is 9.83. The van der Waals surface area contributed by atoms with Crippen LogP contribution in [0.1, 0.15) is 69.9 Å². The summed E-state index contributed by atoms with van der Waals surface area (Å²) >= 11 is 0. The number of hydrogen-bond acceptors (Lipinski definition) is 7. The molecular weight excluding hydrogens is 338 g/mol. The summed E-state index contributed by atoms with van der Waals surface area (Å²) in [7, 11) is 0. The molecule has 2 rings (SSSR count). The molecule has 2 heterocycles. The van der Waals surface area contributed by atoms with Gasteiger partial charge in [-0.25, -0.2) is 0 Å². The number of aromatic nitrogens is 3. The van der Waals surface area contributed by atoms with Crippen LogP contribution in [0.2, 0.25) is 0 Å². The van der Waals surface area contributed by atoms with Gasteiger partial charge in [0, 0.05) is 12.1 Å². The highest BCUT2D eigenvalue weighted by Crippen LogP contribution is 2.34. The second kappa shape index (κ2) is 10.9. The Balaban J connectivity index is 1.96. The molecule has 1 aromatic heterocycles. The summed E-state index contributed by atoms with van der Waals surface area (Å²) in [5.74, 6) is -0.268. The third-order valence-electron chi connectivity index (χ3n) is 5.26. The lowest BCUT2D eigenvalue weighted by Crippen LogP contribution is -2.59. The molecule has 0 radical (unpaired) electrons. The fourth-order valence-corrected chi connectivity index (χ4v) is 3.66. The molecule has 1 saturated heterocycles. The van der Waals surface area contributed by atoms with Gasteiger partial charge in [0.2, 0.25) is 0 Å². The van der Waals surface area contributed by atoms with Crippen LogP contribution < -0.4 is 0 Å². The van der Waals surface area contributed by atoms with Gasteiger partial charge in [-0.05, 0) is 6.42 Å². The minimum Gasteiger partial charge on any atom is -0.394 e. The number of aromatic amines is 1. The van der Waals surface area contributed by atoms with Gasteiger partial charge in [-0.3, -0.25) is 5.10 Å². The minimum atomic E-state index is -1.37. The van der Waals surface area contributed by atoms with E-state index in [0.29, 0.717) is 5.69 Å². The SMILES string of the molecule is CCCCCCCCCC(c1c[nH]nn1)C1O[C@H](CO)[C@@H](O)[C@H](O)[C@H]1O. The molecule has 0 amide bonds. The third kappa shape index (κ3) is 5.47. The predicted molar refractivity (Wildman–Crippen MR) is 95.5 cm³/mol. The molecule has 0 spiro atoms. The van der Waals surface area contributed by atoms with E-state index in [2.05, 4.69) is 22.3 Å². The van der Waals surface area contributed by atoms with Gasteiger partial charge in [0.25, 0.3) is 0 Å². The van der Waals surface area contributed by atoms with E-state index < -0.39 is 37.1 Å². The Morgan fingerprint density at radius 1 is 1.04 bits per heavy atom. The Morgan fingerprint density at radius 2 is 1.73 bits per heavy atom. The number of aliphatic hydroxyl groups is 4. The highest BCUT2D eigenvalue weighted by atomic mass is 16.5. The van der Waals surface area contributed by atoms with Crippen LogP contribution in [0.4, 0.5) is 0 Å². The summed E-state index contributed by atoms with van der Waals surface area (Å²) in [5.41, 5.74) is 0.653. The molecule has 1 fully saturated rings. The normalized spacial score (nSPS) is 30.4. The molecular formula is C18H33N3O5. The third-order valence-corrected chi connectivity index (χ3v) is 5.26. The molecule has 8 nitrogen and oxygen atoms in total. The van der Waals surface area contributed by atoms with Gasteiger partial charge >= 0.3 is 0 Å². The zero-order chi connectivity index (χ0) is 18.9. The molecule has 0 aliphatic carbocycles. The Hall–Kier alpha value is -1.06. The zero-order valence-corrected chi connectivity index (χ0v) is 15.5. The van der Waals surface area contributed by atoms with E-state index in [1.807, 2.05) is 0 Å². The zero-order valence-electron chi connectivity index (χ0n) is 15.5. The van der Waals surface area contributed by atoms with Gasteiger partial charge in [-0.15, -0.1) is 5.10 Å². The fraction of sp³-hybridized carbons (Fsp3) is 0.889. The molecule has 150 valence electrons. The van der Waals surface area contributed by atoms with Crippen LogP contribution in [0.25, 0.3) is 0 Å². The predicted octanol–water partition coefficient (Wildman–Crippen LogP) is 0.871. The number of H-pyrrole nitrogens is 1. The maximum absolute atomic E-state index is 10.4. The molecule has 26 heavy (non-hydrogen) atoms. The van der Waals surface area contributed by atoms with Crippen molar-refractivity contribution in [1.29, 1.82) is 0 Å². The summed E-state index contributed by atoms with van der Waals surface area (Å²) in [5, 5.41) is 50.3. The van der Waals surface area contributed by atoms with Gasteiger partial charge in [-0.2, -0.15) is 0 Å². The lowest BCUT2D eigenvalue weighted by Gasteiger charge is -2.42. The van der Waals surface area contributed by atoms with Crippen LogP contribution in [0.15, 0.2) is 6.20 Å². The van der Waals surface area contributed by atoms with Crippen LogP contribution in [-0.4, -0.2) is 73.0 Å². The van der Waals surface area contributed by atoms with Crippen LogP contribution in [-0.2, 0) is 4.74 Å². The Bertz CT molecular complexity index is 485. The van der Waals surface area contributed by atoms with Gasteiger partial charge in [0.05, 0.1) is 18.4 Å². The van der Waals surface area contributed by atoms with Crippen molar-refractivity contribution in [2.45, 2.75) is 94.7 Å². The van der Waals surface area contributed by atoms with E-state index in [-0.39, 0.29) is 5.92 Å². The molecule has 6 atom stereocenters. The lowest BCUT2D eigenvalue weighted by molar-refractivity contribution is -0.235. The molecule has 0 bridgehead atoms. The van der Waals surface area contributed by atoms with Crippen molar-refractivity contribution in [3.8, 4) is 0 Å². The number of unbranched alkanes of at least 4 members (excludes halogenated alkanes) is 6. The Labute approximate surface area is 154 Å². The topological polar surface area (TPSA) is 132 Å². The maximum atomic E-state index is 10.4. The number of rotatable bonds is 11. The first kappa shape index (κ1) is 21.2. The average Bonchev–Trinajstić information content (AvgIpc) is 3.17. The van der Waals surface area contributed by atoms with Crippen LogP contribution in [0.5, 0.6) is 0 Å². The summed E-state index contributed by atoms with van der Waals surface area (Å²) in [6.07, 6.45) is 4.94. The van der Waals surface area contributed by atoms with Crippen LogP contribution in [0, 0.1) is 0 Å². The van der Waals surface area contributed by atoms with Crippen molar-refractivity contribution in [1.82, 2.24) is 15.4 Å². The van der Waals surface area contributed by atoms with Crippen molar-refractivity contribution in [2.24, 2.45) is 0 Å². The van der Waals surface area contributed by atoms with Crippen molar-refractivity contribution >= 4 is 0 Å². The van der Waals surface area contributed by atoms with Crippen molar-refractivity contribution in [3.63, 3.8) is 0 Å². The second-order valence-electron chi connectivity index (χ2n) is 7.21. The summed E-state index contributed by atoms with van der Waals surface area (Å²) in [6.45, 7) is 1.77. The van der Waals surface area contributed by atoms with E-state index in [1.165, 1.54) is 32.1 Å². The molecule has 2 unspecified atom stereocenters. The maximum Gasteiger partial charge on any atom is 0.111 e. The number of nitrogens with zero attached hydrogens (tertiary/aromatic N) is 2. The average molecular weight is 371 g/mol. The van der Waals surface area contributed by atoms with Gasteiger partial charge < -0.3 is 25.2 Å². The number of hydrogen-bond donors (Lipinski definition) is 5. The first-order valence-corrected chi connectivity index (χ1v) is 9.77. The fourth-order valence-electron chi connectivity index (χ4n) is 3.66. The van der Waals surface area contributed by atoms with E-state index in [9.17, 15) is 20.4 Å². The summed E-state index contributed by atoms with van der Waals surface area (Å²) in [6, 6.07) is 0. The molecule has 1 aromatic rings. The standard InChI is InChI=1S/C18H33N3O5/c1-2-3-4-5-6-7-8-9-12(13-10-19-21-20-13)18-17(25)16(24)15(23)14(11-22)26-18/h10,12,14-18,22-25H,2-9,11H2,1H3,(H,19,20,21)/t12?,14-,15-,16+,17-,18?/m1/s1. The van der Waals surface area contributed by atoms with E-state index in [0.717, 1.165) is 19.3 Å². The second-order valence-corrected chi connectivity index (χ2v) is 7.21. The monoisotopic (exact) mass is 371 g/mol. The van der Waals surface area contributed by atoms with Crippen LogP contribution in [0.3, 0.4) is 0 Å². The first-order chi connectivity index (χ1) is 12.6. The van der Waals surface area contributed by atoms with Gasteiger partial charge in [-0.1, -0.05) is 57.1 Å². The highest BCUT2D eigenvalue weighted by Gasteiger charge is 2.46. The van der Waals surface area contributed by atoms with Crippen LogP contribution >= 0.6 is 0 Å². The quantitative estimate of drug-likeness (QED) is 0.365. The van der Waals surface area contributed by atoms with Crippen molar-refractivity contribution in [2.75, 3.05) is 6.61 Å². The van der Waals surface area contributed by atoms with E-state index in [4.69, 9.17) is 4.74 Å². The summed E-state index contributed by atoms with van der Waals surface area (Å²) < 4.78 is 5.73. The first-order valence-electron chi connectivity index (χ1n) is 9.77. The minimum absolute atomic E-state index is 0.268. The van der Waals surface area contributed by atoms with Gasteiger partial charge in [0.1, 0.15) is 24.4 Å². The number of aliphatic hydroxyl groups excluding tert-OH is 4. The summed E-state index contributed by atoms with van der Waals surface area (Å²) in [4.78, 5) is 0. The van der Waals surface area contributed by atoms with E-state index in [1.54, 1.807) is 6.20 Å². The molecule has 0 saturated carbocycles. The largest absolute Gasteiger partial charge is 0.394 e. The Kier molecular flexibility index (Phi) is 8.94. The molecule has 5 N–H and O–H groups in total. The molecule has 1 aliphatic heterocycles. The smallest absolute Gasteiger partial charge is 0.111 e. The Morgan fingerprint density at radius 3 is 2.35 bits per heavy atom. The number of ether oxygens (including phenoxy) is 1. The highest BCUT2D eigenvalue weighted by molar-refractivity contribution is 5.09. The molecule has 8 heteroatoms. The van der Waals surface area contributed by atoms with Crippen molar-refractivity contribution < 1.29 is 25.2 Å². The number of nitrogens with one attached hydrogen (secondary N) is 1. The van der Waals surface area contributed by atoms with E-state index >= 15 is 0 Å². The molecule has 1 aliphatic rings. The van der Waals surface area contributed by atoms with Crippen molar-refractivity contribution in [3.05, 3.63) is 11.9 Å². The van der Waals surface area contributed by atoms with Gasteiger partial charge in [0.15, 0.2) is 0 Å². The molecule has 0 aromatic carbocycles.